The summed E-state index contributed by atoms with van der Waals surface area (Å²) >= 11 is 1.59. The molecule has 2 aliphatic rings. The molecule has 160 valence electrons. The van der Waals surface area contributed by atoms with Gasteiger partial charge in [-0.05, 0) is 37.7 Å². The highest BCUT2D eigenvalue weighted by Gasteiger charge is 2.25. The Hall–Kier alpha value is -2.21. The summed E-state index contributed by atoms with van der Waals surface area (Å²) in [5.74, 6) is 1.49. The fourth-order valence-corrected chi connectivity index (χ4v) is 5.68. The molecule has 2 aromatic heterocycles. The molecule has 1 aliphatic heterocycles. The van der Waals surface area contributed by atoms with Gasteiger partial charge in [0.2, 0.25) is 5.91 Å². The number of aromatic nitrogens is 1. The van der Waals surface area contributed by atoms with Gasteiger partial charge in [-0.2, -0.15) is 5.26 Å². The first-order valence-corrected chi connectivity index (χ1v) is 11.5. The van der Waals surface area contributed by atoms with Crippen LogP contribution in [0, 0.1) is 24.2 Å². The maximum Gasteiger partial charge on any atom is 0.226 e. The minimum absolute atomic E-state index is 0.00125. The molecule has 1 amide bonds. The van der Waals surface area contributed by atoms with E-state index in [1.807, 2.05) is 13.0 Å². The number of nitriles is 1. The van der Waals surface area contributed by atoms with Crippen molar-refractivity contribution in [2.24, 2.45) is 5.92 Å². The quantitative estimate of drug-likeness (QED) is 0.762. The minimum Gasteiger partial charge on any atom is -0.361 e. The summed E-state index contributed by atoms with van der Waals surface area (Å²) in [7, 11) is 0. The first-order valence-electron chi connectivity index (χ1n) is 10.7. The van der Waals surface area contributed by atoms with Gasteiger partial charge in [0.05, 0.1) is 11.3 Å². The summed E-state index contributed by atoms with van der Waals surface area (Å²) < 4.78 is 5.14. The van der Waals surface area contributed by atoms with Crippen molar-refractivity contribution >= 4 is 22.2 Å². The molecular formula is C22H29N5O2S. The van der Waals surface area contributed by atoms with Crippen molar-refractivity contribution in [1.29, 1.82) is 5.26 Å². The number of amides is 1. The molecule has 30 heavy (non-hydrogen) atoms. The third kappa shape index (κ3) is 4.91. The van der Waals surface area contributed by atoms with E-state index in [2.05, 4.69) is 33.3 Å². The van der Waals surface area contributed by atoms with Gasteiger partial charge in [0.15, 0.2) is 0 Å². The number of hydrogen-bond donors (Lipinski definition) is 1. The molecule has 1 saturated heterocycles. The molecule has 4 rings (SSSR count). The number of piperazine rings is 1. The number of nitrogens with zero attached hydrogens (tertiary/aromatic N) is 4. The van der Waals surface area contributed by atoms with Crippen LogP contribution >= 0.6 is 11.3 Å². The van der Waals surface area contributed by atoms with Crippen molar-refractivity contribution in [1.82, 2.24) is 15.0 Å². The van der Waals surface area contributed by atoms with Gasteiger partial charge in [0.25, 0.3) is 0 Å². The van der Waals surface area contributed by atoms with Crippen LogP contribution in [0.25, 0.3) is 0 Å². The molecule has 1 fully saturated rings. The Labute approximate surface area is 181 Å². The van der Waals surface area contributed by atoms with Gasteiger partial charge in [0, 0.05) is 56.6 Å². The number of aryl methyl sites for hydroxylation is 1. The van der Waals surface area contributed by atoms with E-state index >= 15 is 0 Å². The summed E-state index contributed by atoms with van der Waals surface area (Å²) in [6.45, 7) is 9.52. The van der Waals surface area contributed by atoms with Crippen molar-refractivity contribution in [3.63, 3.8) is 0 Å². The lowest BCUT2D eigenvalue weighted by Gasteiger charge is -2.34. The summed E-state index contributed by atoms with van der Waals surface area (Å²) in [5, 5.41) is 17.4. The lowest BCUT2D eigenvalue weighted by Crippen LogP contribution is -2.46. The molecule has 1 unspecified atom stereocenters. The van der Waals surface area contributed by atoms with Crippen LogP contribution in [-0.4, -0.2) is 53.6 Å². The van der Waals surface area contributed by atoms with E-state index < -0.39 is 0 Å². The number of fused-ring (bicyclic) bond motifs is 1. The highest BCUT2D eigenvalue weighted by atomic mass is 32.1. The fraction of sp³-hybridized carbons (Fsp3) is 0.591. The van der Waals surface area contributed by atoms with E-state index in [0.29, 0.717) is 17.9 Å². The maximum absolute atomic E-state index is 12.5. The highest BCUT2D eigenvalue weighted by Crippen LogP contribution is 2.39. The van der Waals surface area contributed by atoms with Crippen LogP contribution in [0.3, 0.4) is 0 Å². The SMILES string of the molecule is Cc1cc(CN2CCN(CCC(=O)Nc3sc4c(c3C#N)CCC(C)C4)CC2)no1. The number of hydrogen-bond acceptors (Lipinski definition) is 7. The molecule has 1 atom stereocenters. The summed E-state index contributed by atoms with van der Waals surface area (Å²) in [6, 6.07) is 4.31. The smallest absolute Gasteiger partial charge is 0.226 e. The Morgan fingerprint density at radius 1 is 1.37 bits per heavy atom. The van der Waals surface area contributed by atoms with Crippen molar-refractivity contribution < 1.29 is 9.32 Å². The molecule has 1 N–H and O–H groups in total. The predicted octanol–water partition coefficient (Wildman–Crippen LogP) is 3.19. The Kier molecular flexibility index (Phi) is 6.52. The van der Waals surface area contributed by atoms with Crippen molar-refractivity contribution in [2.45, 2.75) is 46.1 Å². The van der Waals surface area contributed by atoms with Crippen LogP contribution in [0.5, 0.6) is 0 Å². The normalized spacial score (nSPS) is 20.0. The molecule has 8 heteroatoms. The second kappa shape index (κ2) is 9.29. The van der Waals surface area contributed by atoms with Gasteiger partial charge in [-0.3, -0.25) is 9.69 Å². The van der Waals surface area contributed by atoms with Crippen molar-refractivity contribution in [3.8, 4) is 6.07 Å². The second-order valence-corrected chi connectivity index (χ2v) is 9.62. The van der Waals surface area contributed by atoms with Gasteiger partial charge >= 0.3 is 0 Å². The zero-order valence-electron chi connectivity index (χ0n) is 17.7. The first kappa shape index (κ1) is 21.0. The number of carbonyl (C=O) groups is 1. The number of rotatable bonds is 6. The zero-order valence-corrected chi connectivity index (χ0v) is 18.6. The van der Waals surface area contributed by atoms with E-state index in [1.165, 1.54) is 4.88 Å². The maximum atomic E-state index is 12.5. The first-order chi connectivity index (χ1) is 14.5. The molecule has 0 saturated carbocycles. The van der Waals surface area contributed by atoms with E-state index in [4.69, 9.17) is 4.52 Å². The molecule has 0 bridgehead atoms. The lowest BCUT2D eigenvalue weighted by atomic mass is 9.89. The highest BCUT2D eigenvalue weighted by molar-refractivity contribution is 7.16. The molecule has 0 aromatic carbocycles. The van der Waals surface area contributed by atoms with Crippen LogP contribution in [0.1, 0.15) is 47.2 Å². The van der Waals surface area contributed by atoms with E-state index in [0.717, 1.165) is 80.5 Å². The summed E-state index contributed by atoms with van der Waals surface area (Å²) in [5.41, 5.74) is 2.82. The Morgan fingerprint density at radius 2 is 2.13 bits per heavy atom. The van der Waals surface area contributed by atoms with Gasteiger partial charge < -0.3 is 14.7 Å². The molecule has 2 aromatic rings. The van der Waals surface area contributed by atoms with Gasteiger partial charge in [-0.15, -0.1) is 11.3 Å². The minimum atomic E-state index is -0.00125. The van der Waals surface area contributed by atoms with Crippen LogP contribution < -0.4 is 5.32 Å². The second-order valence-electron chi connectivity index (χ2n) is 8.51. The average Bonchev–Trinajstić information content (AvgIpc) is 3.29. The summed E-state index contributed by atoms with van der Waals surface area (Å²) in [4.78, 5) is 18.5. The standard InChI is InChI=1S/C22H29N5O2S/c1-15-3-4-18-19(13-23)22(30-20(18)11-15)24-21(28)5-6-26-7-9-27(10-8-26)14-17-12-16(2)29-25-17/h12,15H,3-11,14H2,1-2H3,(H,24,28). The largest absolute Gasteiger partial charge is 0.361 e. The number of nitrogens with one attached hydrogen (secondary N) is 1. The van der Waals surface area contributed by atoms with Gasteiger partial charge in [-0.25, -0.2) is 0 Å². The Morgan fingerprint density at radius 3 is 2.83 bits per heavy atom. The molecule has 1 aliphatic carbocycles. The number of anilines is 1. The van der Waals surface area contributed by atoms with Crippen LogP contribution in [0.2, 0.25) is 0 Å². The molecular weight excluding hydrogens is 398 g/mol. The molecule has 7 nitrogen and oxygen atoms in total. The summed E-state index contributed by atoms with van der Waals surface area (Å²) in [6.07, 6.45) is 3.53. The van der Waals surface area contributed by atoms with Crippen LogP contribution in [-0.2, 0) is 24.2 Å². The Balaban J connectivity index is 1.24. The van der Waals surface area contributed by atoms with Gasteiger partial charge in [0.1, 0.15) is 16.8 Å². The van der Waals surface area contributed by atoms with E-state index in [9.17, 15) is 10.1 Å². The van der Waals surface area contributed by atoms with Crippen LogP contribution in [0.4, 0.5) is 5.00 Å². The molecule has 0 radical (unpaired) electrons. The monoisotopic (exact) mass is 427 g/mol. The fourth-order valence-electron chi connectivity index (χ4n) is 4.30. The third-order valence-electron chi connectivity index (χ3n) is 6.06. The van der Waals surface area contributed by atoms with E-state index in [1.54, 1.807) is 11.3 Å². The predicted molar refractivity (Wildman–Crippen MR) is 116 cm³/mol. The van der Waals surface area contributed by atoms with Crippen molar-refractivity contribution in [3.05, 3.63) is 33.5 Å². The zero-order chi connectivity index (χ0) is 21.1. The van der Waals surface area contributed by atoms with E-state index in [-0.39, 0.29) is 5.91 Å². The topological polar surface area (TPSA) is 85.4 Å². The van der Waals surface area contributed by atoms with Crippen molar-refractivity contribution in [2.75, 3.05) is 38.0 Å². The molecule has 3 heterocycles. The number of carbonyl (C=O) groups excluding carboxylic acids is 1. The molecule has 0 spiro atoms. The van der Waals surface area contributed by atoms with Crippen LogP contribution in [0.15, 0.2) is 10.6 Å². The number of thiophene rings is 1. The lowest BCUT2D eigenvalue weighted by molar-refractivity contribution is -0.116. The average molecular weight is 428 g/mol. The Bertz CT molecular complexity index is 936. The third-order valence-corrected chi connectivity index (χ3v) is 7.23. The van der Waals surface area contributed by atoms with Gasteiger partial charge in [-0.1, -0.05) is 12.1 Å².